The number of hydrogen-bond acceptors (Lipinski definition) is 2. The summed E-state index contributed by atoms with van der Waals surface area (Å²) in [4.78, 5) is 14.6. The molecule has 0 unspecified atom stereocenters. The molecule has 3 heteroatoms. The van der Waals surface area contributed by atoms with Crippen LogP contribution >= 0.6 is 0 Å². The first-order chi connectivity index (χ1) is 13.2. The summed E-state index contributed by atoms with van der Waals surface area (Å²) in [5, 5.41) is 9.63. The van der Waals surface area contributed by atoms with Gasteiger partial charge in [-0.3, -0.25) is 4.79 Å². The SMILES string of the molecule is O=C1c2cc(O)ccc2CN1C[C@H]1CC[C@H](/C=C/CC2CCCCC2)CC1. The number of benzene rings is 1. The number of carbonyl (C=O) groups excluding carboxylic acids is 1. The van der Waals surface area contributed by atoms with Crippen LogP contribution in [0.4, 0.5) is 0 Å². The van der Waals surface area contributed by atoms with E-state index in [9.17, 15) is 9.90 Å². The average Bonchev–Trinajstić information content (AvgIpc) is 2.99. The van der Waals surface area contributed by atoms with Crippen LogP contribution in [0.1, 0.15) is 80.1 Å². The average molecular weight is 368 g/mol. The molecule has 0 radical (unpaired) electrons. The van der Waals surface area contributed by atoms with E-state index in [4.69, 9.17) is 0 Å². The topological polar surface area (TPSA) is 40.5 Å². The van der Waals surface area contributed by atoms with E-state index in [1.165, 1.54) is 64.2 Å². The van der Waals surface area contributed by atoms with E-state index in [0.29, 0.717) is 18.0 Å². The molecule has 1 aromatic carbocycles. The highest BCUT2D eigenvalue weighted by atomic mass is 16.3. The van der Waals surface area contributed by atoms with Crippen molar-refractivity contribution in [2.75, 3.05) is 6.54 Å². The first-order valence-electron chi connectivity index (χ1n) is 11.0. The van der Waals surface area contributed by atoms with Gasteiger partial charge in [-0.25, -0.2) is 0 Å². The summed E-state index contributed by atoms with van der Waals surface area (Å²) in [5.74, 6) is 2.58. The fourth-order valence-electron chi connectivity index (χ4n) is 5.26. The quantitative estimate of drug-likeness (QED) is 0.680. The fraction of sp³-hybridized carbons (Fsp3) is 0.625. The van der Waals surface area contributed by atoms with E-state index in [1.807, 2.05) is 11.0 Å². The second kappa shape index (κ2) is 8.50. The molecule has 0 bridgehead atoms. The van der Waals surface area contributed by atoms with Gasteiger partial charge in [0.2, 0.25) is 0 Å². The van der Waals surface area contributed by atoms with Gasteiger partial charge in [0.05, 0.1) is 0 Å². The minimum Gasteiger partial charge on any atom is -0.508 e. The van der Waals surface area contributed by atoms with Crippen molar-refractivity contribution in [2.45, 2.75) is 70.8 Å². The van der Waals surface area contributed by atoms with Gasteiger partial charge in [0, 0.05) is 18.7 Å². The van der Waals surface area contributed by atoms with E-state index < -0.39 is 0 Å². The van der Waals surface area contributed by atoms with E-state index in [1.54, 1.807) is 12.1 Å². The number of rotatable bonds is 5. The Morgan fingerprint density at radius 1 is 1.00 bits per heavy atom. The molecular weight excluding hydrogens is 334 g/mol. The highest BCUT2D eigenvalue weighted by molar-refractivity contribution is 5.98. The maximum Gasteiger partial charge on any atom is 0.254 e. The molecule has 1 amide bonds. The third-order valence-corrected chi connectivity index (χ3v) is 6.94. The van der Waals surface area contributed by atoms with Crippen LogP contribution < -0.4 is 0 Å². The summed E-state index contributed by atoms with van der Waals surface area (Å²) in [6.45, 7) is 1.57. The summed E-state index contributed by atoms with van der Waals surface area (Å²) in [5.41, 5.74) is 1.74. The van der Waals surface area contributed by atoms with Crippen molar-refractivity contribution in [3.63, 3.8) is 0 Å². The minimum absolute atomic E-state index is 0.0930. The first kappa shape index (κ1) is 18.6. The van der Waals surface area contributed by atoms with Crippen molar-refractivity contribution in [1.82, 2.24) is 4.90 Å². The minimum atomic E-state index is 0.0930. The van der Waals surface area contributed by atoms with Gasteiger partial charge in [0.1, 0.15) is 5.75 Å². The molecule has 4 rings (SSSR count). The Morgan fingerprint density at radius 2 is 1.78 bits per heavy atom. The molecule has 0 saturated heterocycles. The monoisotopic (exact) mass is 367 g/mol. The number of phenols is 1. The van der Waals surface area contributed by atoms with Gasteiger partial charge in [0.15, 0.2) is 0 Å². The zero-order valence-corrected chi connectivity index (χ0v) is 16.4. The number of carbonyl (C=O) groups is 1. The molecule has 0 atom stereocenters. The van der Waals surface area contributed by atoms with Gasteiger partial charge in [-0.2, -0.15) is 0 Å². The Bertz CT molecular complexity index is 682. The summed E-state index contributed by atoms with van der Waals surface area (Å²) in [7, 11) is 0. The Kier molecular flexibility index (Phi) is 5.85. The Balaban J connectivity index is 1.21. The van der Waals surface area contributed by atoms with Crippen molar-refractivity contribution in [3.05, 3.63) is 41.5 Å². The number of aromatic hydroxyl groups is 1. The number of amides is 1. The number of nitrogens with zero attached hydrogens (tertiary/aromatic N) is 1. The molecular formula is C24H33NO2. The predicted molar refractivity (Wildman–Crippen MR) is 109 cm³/mol. The molecule has 1 N–H and O–H groups in total. The first-order valence-corrected chi connectivity index (χ1v) is 11.0. The van der Waals surface area contributed by atoms with Crippen molar-refractivity contribution in [2.24, 2.45) is 17.8 Å². The van der Waals surface area contributed by atoms with Crippen LogP contribution in [0.25, 0.3) is 0 Å². The fourth-order valence-corrected chi connectivity index (χ4v) is 5.26. The standard InChI is InChI=1S/C24H33NO2/c26-22-14-13-21-17-25(24(27)23(21)15-22)16-20-11-9-19(10-12-20)8-4-7-18-5-2-1-3-6-18/h4,8,13-15,18-20,26H,1-3,5-7,9-12,16-17H2/b8-4+/t19-,20-. The molecule has 1 aliphatic heterocycles. The lowest BCUT2D eigenvalue weighted by atomic mass is 9.81. The lowest BCUT2D eigenvalue weighted by Crippen LogP contribution is -2.31. The predicted octanol–water partition coefficient (Wildman–Crippen LogP) is 5.68. The van der Waals surface area contributed by atoms with Gasteiger partial charge in [-0.1, -0.05) is 50.3 Å². The van der Waals surface area contributed by atoms with E-state index >= 15 is 0 Å². The van der Waals surface area contributed by atoms with Crippen molar-refractivity contribution in [3.8, 4) is 5.75 Å². The zero-order chi connectivity index (χ0) is 18.6. The number of fused-ring (bicyclic) bond motifs is 1. The number of allylic oxidation sites excluding steroid dienone is 2. The van der Waals surface area contributed by atoms with Crippen LogP contribution in [0.15, 0.2) is 30.4 Å². The molecule has 0 spiro atoms. The van der Waals surface area contributed by atoms with Crippen LogP contribution in [0, 0.1) is 17.8 Å². The molecule has 0 aromatic heterocycles. The van der Waals surface area contributed by atoms with E-state index in [0.717, 1.165) is 23.9 Å². The summed E-state index contributed by atoms with van der Waals surface area (Å²) in [6.07, 6.45) is 18.4. The highest BCUT2D eigenvalue weighted by Crippen LogP contribution is 2.34. The Hall–Kier alpha value is -1.77. The third kappa shape index (κ3) is 4.56. The molecule has 1 heterocycles. The van der Waals surface area contributed by atoms with E-state index in [-0.39, 0.29) is 11.7 Å². The smallest absolute Gasteiger partial charge is 0.254 e. The van der Waals surface area contributed by atoms with Crippen molar-refractivity contribution >= 4 is 5.91 Å². The van der Waals surface area contributed by atoms with Gasteiger partial charge in [-0.05, 0) is 67.6 Å². The second-order valence-electron chi connectivity index (χ2n) is 8.98. The lowest BCUT2D eigenvalue weighted by molar-refractivity contribution is 0.0733. The van der Waals surface area contributed by atoms with Crippen molar-refractivity contribution in [1.29, 1.82) is 0 Å². The zero-order valence-electron chi connectivity index (χ0n) is 16.4. The summed E-state index contributed by atoms with van der Waals surface area (Å²) >= 11 is 0. The molecule has 2 aliphatic carbocycles. The molecule has 2 saturated carbocycles. The molecule has 3 nitrogen and oxygen atoms in total. The van der Waals surface area contributed by atoms with Crippen LogP contribution in [-0.2, 0) is 6.54 Å². The molecule has 27 heavy (non-hydrogen) atoms. The van der Waals surface area contributed by atoms with Gasteiger partial charge >= 0.3 is 0 Å². The summed E-state index contributed by atoms with van der Waals surface area (Å²) in [6, 6.07) is 5.18. The maximum atomic E-state index is 12.6. The van der Waals surface area contributed by atoms with E-state index in [2.05, 4.69) is 12.2 Å². The van der Waals surface area contributed by atoms with Crippen LogP contribution in [0.5, 0.6) is 5.75 Å². The molecule has 2 fully saturated rings. The lowest BCUT2D eigenvalue weighted by Gasteiger charge is -2.30. The van der Waals surface area contributed by atoms with Crippen molar-refractivity contribution < 1.29 is 9.90 Å². The Morgan fingerprint density at radius 3 is 2.56 bits per heavy atom. The normalized spacial score (nSPS) is 26.7. The number of phenolic OH excluding ortho intramolecular Hbond substituents is 1. The van der Waals surface area contributed by atoms with Gasteiger partial charge in [-0.15, -0.1) is 0 Å². The van der Waals surface area contributed by atoms with Gasteiger partial charge in [0.25, 0.3) is 5.91 Å². The second-order valence-corrected chi connectivity index (χ2v) is 8.98. The summed E-state index contributed by atoms with van der Waals surface area (Å²) < 4.78 is 0. The molecule has 3 aliphatic rings. The molecule has 1 aromatic rings. The maximum absolute atomic E-state index is 12.6. The largest absolute Gasteiger partial charge is 0.508 e. The van der Waals surface area contributed by atoms with Gasteiger partial charge < -0.3 is 10.0 Å². The number of hydrogen-bond donors (Lipinski definition) is 1. The highest BCUT2D eigenvalue weighted by Gasteiger charge is 2.30. The molecule has 146 valence electrons. The Labute approximate surface area is 163 Å². The van der Waals surface area contributed by atoms with Crippen LogP contribution in [0.3, 0.4) is 0 Å². The van der Waals surface area contributed by atoms with Crippen LogP contribution in [-0.4, -0.2) is 22.5 Å². The third-order valence-electron chi connectivity index (χ3n) is 6.94. The van der Waals surface area contributed by atoms with Crippen LogP contribution in [0.2, 0.25) is 0 Å².